The highest BCUT2D eigenvalue weighted by Crippen LogP contribution is 2.30. The molecule has 2 aliphatic rings. The van der Waals surface area contributed by atoms with Gasteiger partial charge in [0, 0.05) is 31.1 Å². The number of Topliss-reactive ketones (excluding diaryl/α,β-unsaturated/α-hetero) is 1. The van der Waals surface area contributed by atoms with Gasteiger partial charge in [-0.25, -0.2) is 4.68 Å². The fourth-order valence-corrected chi connectivity index (χ4v) is 4.19. The maximum atomic E-state index is 13.0. The van der Waals surface area contributed by atoms with Gasteiger partial charge in [0.15, 0.2) is 12.1 Å². The first-order valence-corrected chi connectivity index (χ1v) is 12.2. The summed E-state index contributed by atoms with van der Waals surface area (Å²) in [5.74, 6) is -1.42. The standard InChI is InChI=1S/C27H29N3O8/c1-15(2)11-24(37-26-10-9-23(36-17(4)32)25(38-26)14-35-16(3)31)20-13-30(29-28-20)21-12-22(33)18-7-5-6-8-19(18)27(21)34/h5-10,12-13,15,23-26H,11,14H2,1-4H3/t23-,24?,25+,26-/m0/s1. The molecule has 38 heavy (non-hydrogen) atoms. The third-order valence-corrected chi connectivity index (χ3v) is 5.90. The van der Waals surface area contributed by atoms with Crippen LogP contribution in [0.25, 0.3) is 5.70 Å². The lowest BCUT2D eigenvalue weighted by Crippen LogP contribution is -2.42. The number of nitrogens with zero attached hydrogens (tertiary/aromatic N) is 3. The van der Waals surface area contributed by atoms with Crippen LogP contribution in [0.1, 0.15) is 66.6 Å². The van der Waals surface area contributed by atoms with Crippen molar-refractivity contribution in [2.24, 2.45) is 5.92 Å². The normalized spacial score (nSPS) is 21.6. The molecule has 1 aliphatic heterocycles. The zero-order valence-corrected chi connectivity index (χ0v) is 21.5. The van der Waals surface area contributed by atoms with E-state index in [2.05, 4.69) is 10.3 Å². The van der Waals surface area contributed by atoms with Gasteiger partial charge < -0.3 is 18.9 Å². The Morgan fingerprint density at radius 1 is 1.08 bits per heavy atom. The minimum Gasteiger partial charge on any atom is -0.463 e. The summed E-state index contributed by atoms with van der Waals surface area (Å²) in [6, 6.07) is 6.62. The van der Waals surface area contributed by atoms with Gasteiger partial charge in [-0.1, -0.05) is 43.3 Å². The van der Waals surface area contributed by atoms with Gasteiger partial charge in [0.2, 0.25) is 5.78 Å². The van der Waals surface area contributed by atoms with E-state index in [1.807, 2.05) is 13.8 Å². The van der Waals surface area contributed by atoms with Crippen LogP contribution >= 0.6 is 0 Å². The number of hydrogen-bond donors (Lipinski definition) is 0. The minimum atomic E-state index is -0.861. The van der Waals surface area contributed by atoms with E-state index in [1.165, 1.54) is 24.6 Å². The number of carbonyl (C=O) groups excluding carboxylic acids is 4. The Kier molecular flexibility index (Phi) is 8.28. The van der Waals surface area contributed by atoms with Crippen LogP contribution in [0.4, 0.5) is 0 Å². The average Bonchev–Trinajstić information content (AvgIpc) is 3.35. The molecule has 1 aromatic heterocycles. The smallest absolute Gasteiger partial charge is 0.303 e. The molecule has 0 fully saturated rings. The summed E-state index contributed by atoms with van der Waals surface area (Å²) < 4.78 is 23.8. The molecule has 0 saturated heterocycles. The quantitative estimate of drug-likeness (QED) is 0.356. The van der Waals surface area contributed by atoms with Gasteiger partial charge in [-0.2, -0.15) is 0 Å². The Bertz CT molecular complexity index is 1290. The molecule has 200 valence electrons. The molecule has 0 N–H and O–H groups in total. The summed E-state index contributed by atoms with van der Waals surface area (Å²) >= 11 is 0. The van der Waals surface area contributed by atoms with E-state index in [0.29, 0.717) is 23.2 Å². The monoisotopic (exact) mass is 523 g/mol. The SMILES string of the molecule is CC(=O)OC[C@H]1O[C@H](OC(CC(C)C)c2cn(C3=CC(=O)c4ccccc4C3=O)nn2)C=C[C@@H]1OC(C)=O. The first-order chi connectivity index (χ1) is 18.1. The summed E-state index contributed by atoms with van der Waals surface area (Å²) in [5, 5.41) is 8.32. The van der Waals surface area contributed by atoms with Crippen molar-refractivity contribution in [3.8, 4) is 0 Å². The summed E-state index contributed by atoms with van der Waals surface area (Å²) in [7, 11) is 0. The lowest BCUT2D eigenvalue weighted by molar-refractivity contribution is -0.212. The number of aromatic nitrogens is 3. The van der Waals surface area contributed by atoms with Crippen LogP contribution < -0.4 is 0 Å². The highest BCUT2D eigenvalue weighted by atomic mass is 16.7. The van der Waals surface area contributed by atoms with E-state index < -0.39 is 36.5 Å². The van der Waals surface area contributed by atoms with Crippen LogP contribution in [0.2, 0.25) is 0 Å². The second-order valence-electron chi connectivity index (χ2n) is 9.42. The van der Waals surface area contributed by atoms with Gasteiger partial charge >= 0.3 is 11.9 Å². The number of allylic oxidation sites excluding steroid dienone is 2. The van der Waals surface area contributed by atoms with Crippen LogP contribution in [0.5, 0.6) is 0 Å². The molecule has 4 rings (SSSR count). The van der Waals surface area contributed by atoms with Crippen molar-refractivity contribution in [3.63, 3.8) is 0 Å². The van der Waals surface area contributed by atoms with Crippen molar-refractivity contribution in [2.75, 3.05) is 6.61 Å². The van der Waals surface area contributed by atoms with Gasteiger partial charge in [0.1, 0.15) is 36.3 Å². The van der Waals surface area contributed by atoms with Gasteiger partial charge in [-0.05, 0) is 24.5 Å². The van der Waals surface area contributed by atoms with Crippen LogP contribution in [0, 0.1) is 5.92 Å². The Morgan fingerprint density at radius 2 is 1.82 bits per heavy atom. The molecule has 1 aromatic carbocycles. The number of ether oxygens (including phenoxy) is 4. The van der Waals surface area contributed by atoms with Gasteiger partial charge in [-0.15, -0.1) is 5.10 Å². The largest absolute Gasteiger partial charge is 0.463 e. The summed E-state index contributed by atoms with van der Waals surface area (Å²) in [4.78, 5) is 48.4. The average molecular weight is 524 g/mol. The van der Waals surface area contributed by atoms with E-state index in [1.54, 1.807) is 42.6 Å². The number of benzene rings is 1. The zero-order chi connectivity index (χ0) is 27.4. The maximum absolute atomic E-state index is 13.0. The highest BCUT2D eigenvalue weighted by molar-refractivity contribution is 6.35. The predicted octanol–water partition coefficient (Wildman–Crippen LogP) is 3.08. The Balaban J connectivity index is 1.54. The molecule has 2 heterocycles. The van der Waals surface area contributed by atoms with E-state index in [0.717, 1.165) is 0 Å². The first-order valence-electron chi connectivity index (χ1n) is 12.2. The topological polar surface area (TPSA) is 136 Å². The third-order valence-electron chi connectivity index (χ3n) is 5.90. The van der Waals surface area contributed by atoms with Crippen LogP contribution in [-0.4, -0.2) is 63.6 Å². The molecule has 0 amide bonds. The van der Waals surface area contributed by atoms with Crippen molar-refractivity contribution in [3.05, 3.63) is 65.5 Å². The van der Waals surface area contributed by atoms with E-state index in [9.17, 15) is 19.2 Å². The predicted molar refractivity (Wildman–Crippen MR) is 133 cm³/mol. The maximum Gasteiger partial charge on any atom is 0.303 e. The molecule has 4 atom stereocenters. The van der Waals surface area contributed by atoms with Crippen molar-refractivity contribution in [1.29, 1.82) is 0 Å². The number of ketones is 2. The van der Waals surface area contributed by atoms with E-state index >= 15 is 0 Å². The van der Waals surface area contributed by atoms with Gasteiger partial charge in [0.25, 0.3) is 0 Å². The lowest BCUT2D eigenvalue weighted by Gasteiger charge is -2.33. The molecule has 0 radical (unpaired) electrons. The molecule has 1 unspecified atom stereocenters. The van der Waals surface area contributed by atoms with Crippen LogP contribution in [0.15, 0.2) is 48.7 Å². The molecular formula is C27H29N3O8. The second kappa shape index (κ2) is 11.6. The Morgan fingerprint density at radius 3 is 2.50 bits per heavy atom. The molecule has 0 saturated carbocycles. The third kappa shape index (κ3) is 6.29. The molecule has 0 spiro atoms. The number of fused-ring (bicyclic) bond motifs is 1. The number of esters is 2. The summed E-state index contributed by atoms with van der Waals surface area (Å²) in [6.45, 7) is 6.45. The number of hydrogen-bond acceptors (Lipinski definition) is 10. The molecular weight excluding hydrogens is 494 g/mol. The van der Waals surface area contributed by atoms with Gasteiger partial charge in [0.05, 0.1) is 6.20 Å². The number of carbonyl (C=O) groups is 4. The fraction of sp³-hybridized carbons (Fsp3) is 0.407. The fourth-order valence-electron chi connectivity index (χ4n) is 4.19. The first kappa shape index (κ1) is 27.1. The number of rotatable bonds is 9. The summed E-state index contributed by atoms with van der Waals surface area (Å²) in [5.41, 5.74) is 1.19. The minimum absolute atomic E-state index is 0.0928. The van der Waals surface area contributed by atoms with Crippen molar-refractivity contribution < 1.29 is 38.1 Å². The molecule has 11 nitrogen and oxygen atoms in total. The lowest BCUT2D eigenvalue weighted by atomic mass is 9.93. The Labute approximate surface area is 219 Å². The molecule has 11 heteroatoms. The van der Waals surface area contributed by atoms with E-state index in [-0.39, 0.29) is 29.8 Å². The zero-order valence-electron chi connectivity index (χ0n) is 21.5. The van der Waals surface area contributed by atoms with Gasteiger partial charge in [-0.3, -0.25) is 19.2 Å². The van der Waals surface area contributed by atoms with Crippen molar-refractivity contribution in [1.82, 2.24) is 15.0 Å². The Hall–Kier alpha value is -3.96. The van der Waals surface area contributed by atoms with Crippen LogP contribution in [0.3, 0.4) is 0 Å². The highest BCUT2D eigenvalue weighted by Gasteiger charge is 2.34. The molecule has 2 aromatic rings. The van der Waals surface area contributed by atoms with E-state index in [4.69, 9.17) is 18.9 Å². The van der Waals surface area contributed by atoms with Crippen molar-refractivity contribution in [2.45, 2.75) is 58.7 Å². The molecule has 1 aliphatic carbocycles. The van der Waals surface area contributed by atoms with Crippen molar-refractivity contribution >= 4 is 29.2 Å². The summed E-state index contributed by atoms with van der Waals surface area (Å²) in [6.07, 6.45) is 3.63. The second-order valence-corrected chi connectivity index (χ2v) is 9.42. The van der Waals surface area contributed by atoms with Crippen LogP contribution in [-0.2, 0) is 28.5 Å². The molecule has 0 bridgehead atoms.